The minimum absolute atomic E-state index is 0.155. The molecule has 0 aliphatic heterocycles. The SMILES string of the molecule is OC/C=C\C(O)O. The third-order valence-electron chi connectivity index (χ3n) is 0.414. The summed E-state index contributed by atoms with van der Waals surface area (Å²) in [6, 6.07) is 0. The van der Waals surface area contributed by atoms with Crippen LogP contribution in [0.15, 0.2) is 12.2 Å². The van der Waals surface area contributed by atoms with Gasteiger partial charge in [-0.15, -0.1) is 0 Å². The topological polar surface area (TPSA) is 60.7 Å². The van der Waals surface area contributed by atoms with Crippen LogP contribution in [0.1, 0.15) is 0 Å². The predicted octanol–water partition coefficient (Wildman–Crippen LogP) is -1.15. The van der Waals surface area contributed by atoms with E-state index in [1.54, 1.807) is 0 Å². The highest BCUT2D eigenvalue weighted by Crippen LogP contribution is 1.75. The minimum Gasteiger partial charge on any atom is -0.392 e. The molecule has 0 aliphatic carbocycles. The molecule has 0 spiro atoms. The standard InChI is InChI=1S/C4H8O3/c5-3-1-2-4(6)7/h1-2,4-7H,3H2/b2-1-. The zero-order valence-corrected chi connectivity index (χ0v) is 3.78. The number of hydrogen-bond acceptors (Lipinski definition) is 3. The van der Waals surface area contributed by atoms with Gasteiger partial charge in [-0.1, -0.05) is 6.08 Å². The highest BCUT2D eigenvalue weighted by molar-refractivity contribution is 4.82. The number of rotatable bonds is 2. The van der Waals surface area contributed by atoms with Gasteiger partial charge in [0, 0.05) is 0 Å². The van der Waals surface area contributed by atoms with E-state index in [0.29, 0.717) is 0 Å². The molecular formula is C4H8O3. The number of hydrogen-bond donors (Lipinski definition) is 3. The molecule has 0 saturated heterocycles. The lowest BCUT2D eigenvalue weighted by atomic mass is 10.5. The van der Waals surface area contributed by atoms with Crippen LogP contribution in [-0.2, 0) is 0 Å². The Morgan fingerprint density at radius 3 is 2.14 bits per heavy atom. The predicted molar refractivity (Wildman–Crippen MR) is 24.5 cm³/mol. The summed E-state index contributed by atoms with van der Waals surface area (Å²) in [6.45, 7) is -0.155. The molecule has 0 rings (SSSR count). The van der Waals surface area contributed by atoms with Crippen molar-refractivity contribution in [2.75, 3.05) is 6.61 Å². The van der Waals surface area contributed by atoms with Crippen molar-refractivity contribution in [1.29, 1.82) is 0 Å². The fraction of sp³-hybridized carbons (Fsp3) is 0.500. The van der Waals surface area contributed by atoms with Crippen LogP contribution < -0.4 is 0 Å². The molecule has 0 amide bonds. The molecule has 0 saturated carbocycles. The van der Waals surface area contributed by atoms with E-state index in [-0.39, 0.29) is 6.61 Å². The number of aliphatic hydroxyl groups is 3. The maximum atomic E-state index is 8.04. The van der Waals surface area contributed by atoms with E-state index in [2.05, 4.69) is 0 Å². The molecule has 3 N–H and O–H groups in total. The molecule has 0 radical (unpaired) electrons. The Balaban J connectivity index is 3.08. The second kappa shape index (κ2) is 3.80. The molecule has 3 heteroatoms. The molecule has 0 aliphatic rings. The first-order valence-electron chi connectivity index (χ1n) is 1.91. The second-order valence-electron chi connectivity index (χ2n) is 1.02. The molecule has 42 valence electrons. The van der Waals surface area contributed by atoms with E-state index in [0.717, 1.165) is 6.08 Å². The van der Waals surface area contributed by atoms with Gasteiger partial charge in [0.1, 0.15) is 0 Å². The van der Waals surface area contributed by atoms with Gasteiger partial charge in [0.2, 0.25) is 0 Å². The summed E-state index contributed by atoms with van der Waals surface area (Å²) in [4.78, 5) is 0. The van der Waals surface area contributed by atoms with Crippen molar-refractivity contribution in [2.24, 2.45) is 0 Å². The first kappa shape index (κ1) is 6.62. The molecule has 0 aromatic carbocycles. The first-order valence-corrected chi connectivity index (χ1v) is 1.91. The highest BCUT2D eigenvalue weighted by atomic mass is 16.5. The summed E-state index contributed by atoms with van der Waals surface area (Å²) in [7, 11) is 0. The Kier molecular flexibility index (Phi) is 3.59. The van der Waals surface area contributed by atoms with Crippen LogP contribution in [0.25, 0.3) is 0 Å². The number of aliphatic hydroxyl groups excluding tert-OH is 2. The summed E-state index contributed by atoms with van der Waals surface area (Å²) in [5.74, 6) is 0. The van der Waals surface area contributed by atoms with Crippen LogP contribution in [-0.4, -0.2) is 28.2 Å². The largest absolute Gasteiger partial charge is 0.392 e. The smallest absolute Gasteiger partial charge is 0.171 e. The molecule has 3 nitrogen and oxygen atoms in total. The fourth-order valence-electron chi connectivity index (χ4n) is 0.183. The Labute approximate surface area is 41.5 Å². The maximum Gasteiger partial charge on any atom is 0.171 e. The van der Waals surface area contributed by atoms with E-state index in [1.165, 1.54) is 6.08 Å². The van der Waals surface area contributed by atoms with Crippen LogP contribution in [0.4, 0.5) is 0 Å². The molecular weight excluding hydrogens is 96.0 g/mol. The van der Waals surface area contributed by atoms with E-state index in [4.69, 9.17) is 15.3 Å². The van der Waals surface area contributed by atoms with Gasteiger partial charge in [-0.2, -0.15) is 0 Å². The lowest BCUT2D eigenvalue weighted by Crippen LogP contribution is -1.97. The summed E-state index contributed by atoms with van der Waals surface area (Å²) in [6.07, 6.45) is 0.900. The van der Waals surface area contributed by atoms with Crippen LogP contribution in [0.5, 0.6) is 0 Å². The van der Waals surface area contributed by atoms with Crippen molar-refractivity contribution >= 4 is 0 Å². The molecule has 7 heavy (non-hydrogen) atoms. The maximum absolute atomic E-state index is 8.04. The summed E-state index contributed by atoms with van der Waals surface area (Å²) in [5, 5.41) is 24.1. The van der Waals surface area contributed by atoms with Crippen LogP contribution in [0.3, 0.4) is 0 Å². The van der Waals surface area contributed by atoms with Gasteiger partial charge in [-0.05, 0) is 6.08 Å². The van der Waals surface area contributed by atoms with Crippen molar-refractivity contribution in [3.8, 4) is 0 Å². The van der Waals surface area contributed by atoms with Gasteiger partial charge in [0.05, 0.1) is 6.61 Å². The lowest BCUT2D eigenvalue weighted by Gasteiger charge is -1.88. The van der Waals surface area contributed by atoms with Gasteiger partial charge in [0.15, 0.2) is 6.29 Å². The Morgan fingerprint density at radius 1 is 1.43 bits per heavy atom. The lowest BCUT2D eigenvalue weighted by molar-refractivity contribution is 0.00194. The third kappa shape index (κ3) is 5.62. The summed E-state index contributed by atoms with van der Waals surface area (Å²) < 4.78 is 0. The van der Waals surface area contributed by atoms with E-state index >= 15 is 0 Å². The quantitative estimate of drug-likeness (QED) is 0.306. The van der Waals surface area contributed by atoms with Gasteiger partial charge in [-0.25, -0.2) is 0 Å². The Hall–Kier alpha value is -0.380. The van der Waals surface area contributed by atoms with Crippen LogP contribution in [0.2, 0.25) is 0 Å². The summed E-state index contributed by atoms with van der Waals surface area (Å²) in [5.41, 5.74) is 0. The van der Waals surface area contributed by atoms with Crippen LogP contribution >= 0.6 is 0 Å². The van der Waals surface area contributed by atoms with Gasteiger partial charge in [-0.3, -0.25) is 0 Å². The zero-order chi connectivity index (χ0) is 5.70. The second-order valence-corrected chi connectivity index (χ2v) is 1.02. The van der Waals surface area contributed by atoms with Gasteiger partial charge >= 0.3 is 0 Å². The molecule has 0 unspecified atom stereocenters. The van der Waals surface area contributed by atoms with Crippen molar-refractivity contribution < 1.29 is 15.3 Å². The molecule has 0 aromatic heterocycles. The zero-order valence-electron chi connectivity index (χ0n) is 3.78. The van der Waals surface area contributed by atoms with Crippen molar-refractivity contribution in [3.05, 3.63) is 12.2 Å². The van der Waals surface area contributed by atoms with Crippen LogP contribution in [0, 0.1) is 0 Å². The monoisotopic (exact) mass is 104 g/mol. The average Bonchev–Trinajstić information content (AvgIpc) is 1.61. The molecule has 0 atom stereocenters. The normalized spacial score (nSPS) is 11.4. The van der Waals surface area contributed by atoms with E-state index < -0.39 is 6.29 Å². The van der Waals surface area contributed by atoms with E-state index in [1.807, 2.05) is 0 Å². The fourth-order valence-corrected chi connectivity index (χ4v) is 0.183. The average molecular weight is 104 g/mol. The first-order chi connectivity index (χ1) is 3.27. The molecule has 0 heterocycles. The molecule has 0 bridgehead atoms. The molecule has 0 fully saturated rings. The van der Waals surface area contributed by atoms with E-state index in [9.17, 15) is 0 Å². The Morgan fingerprint density at radius 2 is 2.00 bits per heavy atom. The van der Waals surface area contributed by atoms with Gasteiger partial charge in [0.25, 0.3) is 0 Å². The highest BCUT2D eigenvalue weighted by Gasteiger charge is 1.81. The Bertz CT molecular complexity index is 58.0. The molecule has 0 aromatic rings. The summed E-state index contributed by atoms with van der Waals surface area (Å²) >= 11 is 0. The van der Waals surface area contributed by atoms with Gasteiger partial charge < -0.3 is 15.3 Å². The van der Waals surface area contributed by atoms with Crippen molar-refractivity contribution in [1.82, 2.24) is 0 Å². The third-order valence-corrected chi connectivity index (χ3v) is 0.414. The minimum atomic E-state index is -1.44. The van der Waals surface area contributed by atoms with Crippen molar-refractivity contribution in [2.45, 2.75) is 6.29 Å². The van der Waals surface area contributed by atoms with Crippen molar-refractivity contribution in [3.63, 3.8) is 0 Å².